The van der Waals surface area contributed by atoms with E-state index < -0.39 is 0 Å². The van der Waals surface area contributed by atoms with Crippen molar-refractivity contribution < 1.29 is 10.2 Å². The first-order chi connectivity index (χ1) is 17.4. The van der Waals surface area contributed by atoms with Crippen LogP contribution in [0.15, 0.2) is 60.7 Å². The van der Waals surface area contributed by atoms with Gasteiger partial charge in [0, 0.05) is 62.0 Å². The quantitative estimate of drug-likeness (QED) is 0.274. The first-order valence-corrected chi connectivity index (χ1v) is 13.4. The van der Waals surface area contributed by atoms with Crippen molar-refractivity contribution in [2.75, 3.05) is 54.0 Å². The van der Waals surface area contributed by atoms with Crippen LogP contribution < -0.4 is 14.7 Å². The number of hydrogen-bond acceptors (Lipinski definition) is 5. The number of para-hydroxylation sites is 1. The fourth-order valence-corrected chi connectivity index (χ4v) is 5.26. The minimum absolute atomic E-state index is 0.230. The van der Waals surface area contributed by atoms with Gasteiger partial charge in [-0.05, 0) is 77.4 Å². The van der Waals surface area contributed by atoms with Gasteiger partial charge in [-0.3, -0.25) is 0 Å². The minimum atomic E-state index is -0.330. The van der Waals surface area contributed by atoms with Crippen LogP contribution in [0.3, 0.4) is 0 Å². The number of rotatable bonds is 12. The fraction of sp³-hybridized carbons (Fsp3) is 0.419. The Morgan fingerprint density at radius 1 is 0.583 bits per heavy atom. The molecule has 0 bridgehead atoms. The van der Waals surface area contributed by atoms with Gasteiger partial charge in [-0.15, -0.1) is 0 Å². The van der Waals surface area contributed by atoms with Gasteiger partial charge in [-0.25, -0.2) is 0 Å². The third-order valence-corrected chi connectivity index (χ3v) is 7.25. The molecule has 0 radical (unpaired) electrons. The summed E-state index contributed by atoms with van der Waals surface area (Å²) >= 11 is 0. The molecular formula is C31H43N3O2. The Hall–Kier alpha value is -3.34. The highest BCUT2D eigenvalue weighted by Gasteiger charge is 2.30. The molecule has 0 aliphatic rings. The third kappa shape index (κ3) is 5.40. The van der Waals surface area contributed by atoms with Crippen molar-refractivity contribution >= 4 is 17.1 Å². The zero-order chi connectivity index (χ0) is 26.2. The van der Waals surface area contributed by atoms with Crippen molar-refractivity contribution in [3.05, 3.63) is 77.4 Å². The maximum atomic E-state index is 11.5. The van der Waals surface area contributed by atoms with Crippen LogP contribution in [0, 0.1) is 0 Å². The molecule has 0 saturated carbocycles. The molecule has 2 N–H and O–H groups in total. The van der Waals surface area contributed by atoms with Gasteiger partial charge in [-0.1, -0.05) is 30.3 Å². The van der Waals surface area contributed by atoms with Crippen LogP contribution in [0.25, 0.3) is 0 Å². The average Bonchev–Trinajstić information content (AvgIpc) is 2.90. The monoisotopic (exact) mass is 489 g/mol. The number of nitrogens with zero attached hydrogens (tertiary/aromatic N) is 3. The Morgan fingerprint density at radius 2 is 1.14 bits per heavy atom. The smallest absolute Gasteiger partial charge is 0.121 e. The maximum Gasteiger partial charge on any atom is 0.121 e. The Labute approximate surface area is 217 Å². The standard InChI is InChI=1S/C31H43N3O2/c1-7-32(8-2)24-19-17-23(18-20-24)29(25-15-13-14-16-27(25)35)30-28(36)22-21-26(33(9-3)10-4)31(30)34(11-5)12-6/h13-22,29,35-36H,7-12H2,1-6H3. The van der Waals surface area contributed by atoms with Gasteiger partial charge in [-0.2, -0.15) is 0 Å². The van der Waals surface area contributed by atoms with E-state index in [-0.39, 0.29) is 17.4 Å². The van der Waals surface area contributed by atoms with E-state index in [1.165, 1.54) is 5.69 Å². The number of hydrogen-bond donors (Lipinski definition) is 2. The van der Waals surface area contributed by atoms with E-state index in [0.29, 0.717) is 0 Å². The summed E-state index contributed by atoms with van der Waals surface area (Å²) in [7, 11) is 0. The van der Waals surface area contributed by atoms with Gasteiger partial charge in [0.25, 0.3) is 0 Å². The summed E-state index contributed by atoms with van der Waals surface area (Å²) in [5, 5.41) is 22.5. The van der Waals surface area contributed by atoms with Gasteiger partial charge in [0.05, 0.1) is 11.4 Å². The molecule has 36 heavy (non-hydrogen) atoms. The molecule has 1 unspecified atom stereocenters. The molecule has 0 aliphatic heterocycles. The van der Waals surface area contributed by atoms with Crippen molar-refractivity contribution in [3.8, 4) is 11.5 Å². The van der Waals surface area contributed by atoms with E-state index in [1.54, 1.807) is 6.07 Å². The first-order valence-electron chi connectivity index (χ1n) is 13.4. The molecule has 3 aromatic rings. The van der Waals surface area contributed by atoms with Crippen LogP contribution in [0.1, 0.15) is 64.2 Å². The second-order valence-corrected chi connectivity index (χ2v) is 8.97. The third-order valence-electron chi connectivity index (χ3n) is 7.25. The van der Waals surface area contributed by atoms with Crippen molar-refractivity contribution in [1.82, 2.24) is 0 Å². The number of benzene rings is 3. The van der Waals surface area contributed by atoms with Crippen molar-refractivity contribution in [3.63, 3.8) is 0 Å². The second-order valence-electron chi connectivity index (χ2n) is 8.97. The fourth-order valence-electron chi connectivity index (χ4n) is 5.26. The van der Waals surface area contributed by atoms with Gasteiger partial charge < -0.3 is 24.9 Å². The molecular weight excluding hydrogens is 446 g/mol. The van der Waals surface area contributed by atoms with Crippen molar-refractivity contribution in [2.24, 2.45) is 0 Å². The Kier molecular flexibility index (Phi) is 9.51. The maximum absolute atomic E-state index is 11.5. The molecule has 0 amide bonds. The zero-order valence-corrected chi connectivity index (χ0v) is 22.8. The lowest BCUT2D eigenvalue weighted by Crippen LogP contribution is -2.30. The van der Waals surface area contributed by atoms with E-state index in [2.05, 4.69) is 80.5 Å². The first kappa shape index (κ1) is 27.3. The molecule has 0 heterocycles. The molecule has 0 fully saturated rings. The Morgan fingerprint density at radius 3 is 1.67 bits per heavy atom. The van der Waals surface area contributed by atoms with Crippen molar-refractivity contribution in [1.29, 1.82) is 0 Å². The molecule has 0 aliphatic carbocycles. The summed E-state index contributed by atoms with van der Waals surface area (Å²) in [6.07, 6.45) is 0. The highest BCUT2D eigenvalue weighted by molar-refractivity contribution is 5.80. The van der Waals surface area contributed by atoms with Crippen LogP contribution in [0.4, 0.5) is 17.1 Å². The average molecular weight is 490 g/mol. The highest BCUT2D eigenvalue weighted by atomic mass is 16.3. The number of aromatic hydroxyl groups is 2. The van der Waals surface area contributed by atoms with Crippen LogP contribution in [-0.2, 0) is 0 Å². The molecule has 0 saturated heterocycles. The SMILES string of the molecule is CCN(CC)c1ccc(C(c2ccccc2O)c2c(O)ccc(N(CC)CC)c2N(CC)CC)cc1. The summed E-state index contributed by atoms with van der Waals surface area (Å²) < 4.78 is 0. The molecule has 194 valence electrons. The van der Waals surface area contributed by atoms with Gasteiger partial charge in [0.2, 0.25) is 0 Å². The highest BCUT2D eigenvalue weighted by Crippen LogP contribution is 2.48. The molecule has 0 spiro atoms. The van der Waals surface area contributed by atoms with Crippen LogP contribution in [-0.4, -0.2) is 49.5 Å². The van der Waals surface area contributed by atoms with E-state index in [1.807, 2.05) is 30.3 Å². The molecule has 5 heteroatoms. The van der Waals surface area contributed by atoms with Gasteiger partial charge >= 0.3 is 0 Å². The Balaban J connectivity index is 2.36. The summed E-state index contributed by atoms with van der Waals surface area (Å²) in [5.41, 5.74) is 5.97. The van der Waals surface area contributed by atoms with E-state index >= 15 is 0 Å². The second kappa shape index (κ2) is 12.6. The Bertz CT molecular complexity index is 1100. The lowest BCUT2D eigenvalue weighted by Gasteiger charge is -2.35. The molecule has 0 aromatic heterocycles. The van der Waals surface area contributed by atoms with Crippen LogP contribution in [0.5, 0.6) is 11.5 Å². The van der Waals surface area contributed by atoms with E-state index in [4.69, 9.17) is 0 Å². The number of phenols is 2. The molecule has 3 rings (SSSR count). The largest absolute Gasteiger partial charge is 0.508 e. The molecule has 1 atom stereocenters. The predicted molar refractivity (Wildman–Crippen MR) is 154 cm³/mol. The van der Waals surface area contributed by atoms with Crippen LogP contribution in [0.2, 0.25) is 0 Å². The zero-order valence-electron chi connectivity index (χ0n) is 22.8. The van der Waals surface area contributed by atoms with E-state index in [9.17, 15) is 10.2 Å². The topological polar surface area (TPSA) is 50.2 Å². The van der Waals surface area contributed by atoms with Crippen LogP contribution >= 0.6 is 0 Å². The number of anilines is 3. The van der Waals surface area contributed by atoms with Gasteiger partial charge in [0.1, 0.15) is 11.5 Å². The lowest BCUT2D eigenvalue weighted by atomic mass is 9.82. The van der Waals surface area contributed by atoms with E-state index in [0.717, 1.165) is 67.3 Å². The summed E-state index contributed by atoms with van der Waals surface area (Å²) in [4.78, 5) is 6.97. The van der Waals surface area contributed by atoms with Crippen molar-refractivity contribution in [2.45, 2.75) is 47.5 Å². The van der Waals surface area contributed by atoms with Gasteiger partial charge in [0.15, 0.2) is 0 Å². The summed E-state index contributed by atoms with van der Waals surface area (Å²) in [6, 6.07) is 19.9. The lowest BCUT2D eigenvalue weighted by molar-refractivity contribution is 0.458. The summed E-state index contributed by atoms with van der Waals surface area (Å²) in [6.45, 7) is 18.2. The molecule has 3 aromatic carbocycles. The number of phenolic OH excluding ortho intramolecular Hbond substituents is 2. The predicted octanol–water partition coefficient (Wildman–Crippen LogP) is 6.82. The molecule has 5 nitrogen and oxygen atoms in total. The minimum Gasteiger partial charge on any atom is -0.508 e. The normalized spacial score (nSPS) is 11.8. The summed E-state index contributed by atoms with van der Waals surface area (Å²) in [5.74, 6) is 0.144.